The highest BCUT2D eigenvalue weighted by atomic mass is 16.6. The van der Waals surface area contributed by atoms with Crippen molar-refractivity contribution < 1.29 is 19.3 Å². The fourth-order valence-corrected chi connectivity index (χ4v) is 4.79. The summed E-state index contributed by atoms with van der Waals surface area (Å²) in [5.41, 5.74) is -0.452. The first-order valence-corrected chi connectivity index (χ1v) is 9.77. The summed E-state index contributed by atoms with van der Waals surface area (Å²) in [6.07, 6.45) is 1.62. The molecule has 0 bridgehead atoms. The molecule has 2 aromatic rings. The minimum atomic E-state index is -1.61. The van der Waals surface area contributed by atoms with Gasteiger partial charge in [0.2, 0.25) is 11.8 Å². The number of imide groups is 2. The average molecular weight is 422 g/mol. The van der Waals surface area contributed by atoms with Gasteiger partial charge in [0.25, 0.3) is 5.69 Å². The van der Waals surface area contributed by atoms with Crippen LogP contribution in [0.4, 0.5) is 22.0 Å². The Labute approximate surface area is 176 Å². The number of anilines is 2. The van der Waals surface area contributed by atoms with Crippen molar-refractivity contribution in [1.29, 1.82) is 0 Å². The first-order chi connectivity index (χ1) is 14.9. The molecule has 2 saturated heterocycles. The van der Waals surface area contributed by atoms with Gasteiger partial charge >= 0.3 is 6.03 Å². The van der Waals surface area contributed by atoms with Crippen LogP contribution in [0.2, 0.25) is 0 Å². The minimum Gasteiger partial charge on any atom is -0.363 e. The number of barbiturate groups is 1. The average Bonchev–Trinajstić information content (AvgIpc) is 2.77. The minimum absolute atomic E-state index is 0.0494. The molecule has 31 heavy (non-hydrogen) atoms. The molecule has 5 rings (SSSR count). The Hall–Kier alpha value is -4.02. The standard InChI is InChI=1S/C20H18N6O5/c27-17-20(18(28)23-19(29)22-17)10-12-9-13(26(30)31)4-5-14(12)25-8-7-24(11-15(20)25)16-3-1-2-6-21-16/h1-6,9,15H,7-8,10-11H2,(H2,22,23,27,28,29)/t15-/m1/s1. The number of piperazine rings is 1. The number of hydrogen-bond donors (Lipinski definition) is 2. The molecule has 11 nitrogen and oxygen atoms in total. The van der Waals surface area contributed by atoms with Gasteiger partial charge in [-0.1, -0.05) is 6.07 Å². The molecular weight excluding hydrogens is 404 g/mol. The summed E-state index contributed by atoms with van der Waals surface area (Å²) >= 11 is 0. The van der Waals surface area contributed by atoms with E-state index >= 15 is 0 Å². The van der Waals surface area contributed by atoms with Gasteiger partial charge in [0.05, 0.1) is 11.0 Å². The highest BCUT2D eigenvalue weighted by Crippen LogP contribution is 2.45. The topological polar surface area (TPSA) is 138 Å². The number of pyridine rings is 1. The molecule has 3 aliphatic heterocycles. The van der Waals surface area contributed by atoms with Crippen molar-refractivity contribution in [2.24, 2.45) is 5.41 Å². The normalized spacial score (nSPS) is 21.8. The second-order valence-corrected chi connectivity index (χ2v) is 7.80. The van der Waals surface area contributed by atoms with Gasteiger partial charge in [0.1, 0.15) is 5.82 Å². The zero-order valence-electron chi connectivity index (χ0n) is 16.3. The van der Waals surface area contributed by atoms with E-state index in [1.165, 1.54) is 12.1 Å². The van der Waals surface area contributed by atoms with Crippen LogP contribution in [-0.2, 0) is 16.0 Å². The zero-order valence-corrected chi connectivity index (χ0v) is 16.3. The molecule has 0 saturated carbocycles. The summed E-state index contributed by atoms with van der Waals surface area (Å²) in [5.74, 6) is -0.674. The lowest BCUT2D eigenvalue weighted by atomic mass is 9.68. The van der Waals surface area contributed by atoms with Crippen LogP contribution in [0.5, 0.6) is 0 Å². The van der Waals surface area contributed by atoms with Crippen molar-refractivity contribution >= 4 is 35.0 Å². The number of benzene rings is 1. The molecule has 158 valence electrons. The Morgan fingerprint density at radius 3 is 2.55 bits per heavy atom. The maximum Gasteiger partial charge on any atom is 0.328 e. The molecule has 4 heterocycles. The van der Waals surface area contributed by atoms with Gasteiger partial charge in [-0.15, -0.1) is 0 Å². The van der Waals surface area contributed by atoms with Gasteiger partial charge in [-0.3, -0.25) is 30.3 Å². The van der Waals surface area contributed by atoms with Crippen LogP contribution in [0.1, 0.15) is 5.56 Å². The van der Waals surface area contributed by atoms with E-state index in [9.17, 15) is 24.5 Å². The van der Waals surface area contributed by atoms with Gasteiger partial charge in [-0.25, -0.2) is 9.78 Å². The van der Waals surface area contributed by atoms with Crippen LogP contribution in [0.15, 0.2) is 42.6 Å². The molecule has 2 N–H and O–H groups in total. The molecule has 0 aliphatic carbocycles. The van der Waals surface area contributed by atoms with Crippen LogP contribution >= 0.6 is 0 Å². The monoisotopic (exact) mass is 422 g/mol. The molecule has 3 aliphatic rings. The van der Waals surface area contributed by atoms with Gasteiger partial charge in [0.15, 0.2) is 5.41 Å². The second-order valence-electron chi connectivity index (χ2n) is 7.80. The number of fused-ring (bicyclic) bond motifs is 4. The Balaban J connectivity index is 1.63. The summed E-state index contributed by atoms with van der Waals surface area (Å²) in [4.78, 5) is 57.1. The van der Waals surface area contributed by atoms with Crippen molar-refractivity contribution in [3.63, 3.8) is 0 Å². The maximum absolute atomic E-state index is 13.1. The molecule has 2 fully saturated rings. The molecule has 1 spiro atoms. The summed E-state index contributed by atoms with van der Waals surface area (Å²) < 4.78 is 0. The van der Waals surface area contributed by atoms with Crippen LogP contribution in [0.3, 0.4) is 0 Å². The number of nitrogens with zero attached hydrogens (tertiary/aromatic N) is 4. The Morgan fingerprint density at radius 1 is 1.10 bits per heavy atom. The van der Waals surface area contributed by atoms with Crippen LogP contribution in [0.25, 0.3) is 0 Å². The number of amides is 4. The molecule has 0 unspecified atom stereocenters. The van der Waals surface area contributed by atoms with Gasteiger partial charge < -0.3 is 9.80 Å². The lowest BCUT2D eigenvalue weighted by molar-refractivity contribution is -0.384. The largest absolute Gasteiger partial charge is 0.363 e. The van der Waals surface area contributed by atoms with Crippen LogP contribution < -0.4 is 20.4 Å². The van der Waals surface area contributed by atoms with Gasteiger partial charge in [-0.2, -0.15) is 0 Å². The third-order valence-corrected chi connectivity index (χ3v) is 6.24. The second kappa shape index (κ2) is 6.76. The number of carbonyl (C=O) groups is 3. The van der Waals surface area contributed by atoms with Crippen molar-refractivity contribution in [2.75, 3.05) is 29.4 Å². The number of non-ortho nitro benzene ring substituents is 1. The number of rotatable bonds is 2. The fourth-order valence-electron chi connectivity index (χ4n) is 4.79. The number of carbonyl (C=O) groups excluding carboxylic acids is 3. The fraction of sp³-hybridized carbons (Fsp3) is 0.300. The predicted molar refractivity (Wildman–Crippen MR) is 108 cm³/mol. The molecule has 4 amide bonds. The lowest BCUT2D eigenvalue weighted by Crippen LogP contribution is -2.74. The summed E-state index contributed by atoms with van der Waals surface area (Å²) in [5, 5.41) is 15.7. The molecule has 11 heteroatoms. The number of nitrogens with one attached hydrogen (secondary N) is 2. The summed E-state index contributed by atoms with van der Waals surface area (Å²) in [7, 11) is 0. The quantitative estimate of drug-likeness (QED) is 0.408. The van der Waals surface area contributed by atoms with Crippen molar-refractivity contribution in [2.45, 2.75) is 12.5 Å². The zero-order chi connectivity index (χ0) is 21.8. The van der Waals surface area contributed by atoms with E-state index in [0.717, 1.165) is 11.5 Å². The Morgan fingerprint density at radius 2 is 1.87 bits per heavy atom. The maximum atomic E-state index is 13.1. The Kier molecular flexibility index (Phi) is 4.14. The number of nitro benzene ring substituents is 1. The van der Waals surface area contributed by atoms with E-state index in [1.807, 2.05) is 21.9 Å². The third-order valence-electron chi connectivity index (χ3n) is 6.24. The van der Waals surface area contributed by atoms with Gasteiger partial charge in [0, 0.05) is 50.1 Å². The van der Waals surface area contributed by atoms with Crippen LogP contribution in [0, 0.1) is 15.5 Å². The van der Waals surface area contributed by atoms with Crippen molar-refractivity contribution in [1.82, 2.24) is 15.6 Å². The summed E-state index contributed by atoms with van der Waals surface area (Å²) in [6, 6.07) is 8.54. The molecule has 1 aromatic heterocycles. The third kappa shape index (κ3) is 2.80. The first-order valence-electron chi connectivity index (χ1n) is 9.77. The van der Waals surface area contributed by atoms with E-state index in [2.05, 4.69) is 15.6 Å². The SMILES string of the molecule is O=C1NC(=O)C2(Cc3cc([N+](=O)[O-])ccc3N3CCN(c4ccccn4)C[C@@H]32)C(=O)N1. The smallest absolute Gasteiger partial charge is 0.328 e. The van der Waals surface area contributed by atoms with E-state index in [1.54, 1.807) is 18.3 Å². The lowest BCUT2D eigenvalue weighted by Gasteiger charge is -2.54. The van der Waals surface area contributed by atoms with Crippen molar-refractivity contribution in [3.8, 4) is 0 Å². The van der Waals surface area contributed by atoms with Crippen LogP contribution in [-0.4, -0.2) is 53.4 Å². The predicted octanol–water partition coefficient (Wildman–Crippen LogP) is 0.593. The number of urea groups is 1. The number of hydrogen-bond acceptors (Lipinski definition) is 8. The Bertz CT molecular complexity index is 1100. The molecule has 0 radical (unpaired) electrons. The molecular formula is C20H18N6O5. The number of nitro groups is 1. The van der Waals surface area contributed by atoms with E-state index in [0.29, 0.717) is 25.2 Å². The van der Waals surface area contributed by atoms with Gasteiger partial charge in [-0.05, 0) is 23.8 Å². The molecule has 1 atom stereocenters. The summed E-state index contributed by atoms with van der Waals surface area (Å²) in [6.45, 7) is 1.38. The van der Waals surface area contributed by atoms with E-state index < -0.39 is 34.2 Å². The van der Waals surface area contributed by atoms with Crippen molar-refractivity contribution in [3.05, 3.63) is 58.3 Å². The first kappa shape index (κ1) is 19.0. The van der Waals surface area contributed by atoms with E-state index in [-0.39, 0.29) is 12.1 Å². The molecule has 1 aromatic carbocycles. The highest BCUT2D eigenvalue weighted by Gasteiger charge is 2.61. The number of aromatic nitrogens is 1. The van der Waals surface area contributed by atoms with E-state index in [4.69, 9.17) is 0 Å². The highest BCUT2D eigenvalue weighted by molar-refractivity contribution is 6.20.